The van der Waals surface area contributed by atoms with Gasteiger partial charge in [-0.25, -0.2) is 0 Å². The molecule has 0 unspecified atom stereocenters. The van der Waals surface area contributed by atoms with Gasteiger partial charge in [0.25, 0.3) is 0 Å². The number of ether oxygens (including phenoxy) is 2. The summed E-state index contributed by atoms with van der Waals surface area (Å²) in [5.74, 6) is 0.311. The molecule has 1 fully saturated rings. The summed E-state index contributed by atoms with van der Waals surface area (Å²) in [4.78, 5) is 11.6. The van der Waals surface area contributed by atoms with Gasteiger partial charge in [0, 0.05) is 5.56 Å². The summed E-state index contributed by atoms with van der Waals surface area (Å²) in [6, 6.07) is 1.72. The first-order valence-corrected chi connectivity index (χ1v) is 6.95. The van der Waals surface area contributed by atoms with Crippen LogP contribution < -0.4 is 9.47 Å². The molecule has 0 atom stereocenters. The smallest absolute Gasteiger partial charge is 0.314 e. The normalized spacial score (nSPS) is 16.1. The Morgan fingerprint density at radius 1 is 1.30 bits per heavy atom. The molecule has 110 valence electrons. The summed E-state index contributed by atoms with van der Waals surface area (Å²) in [5.41, 5.74) is 0.805. The highest BCUT2D eigenvalue weighted by molar-refractivity contribution is 6.32. The van der Waals surface area contributed by atoms with E-state index < -0.39 is 11.4 Å². The van der Waals surface area contributed by atoms with E-state index in [4.69, 9.17) is 21.1 Å². The molecule has 4 nitrogen and oxygen atoms in total. The van der Waals surface area contributed by atoms with Crippen LogP contribution in [0.5, 0.6) is 11.5 Å². The van der Waals surface area contributed by atoms with Crippen molar-refractivity contribution >= 4 is 17.6 Å². The Morgan fingerprint density at radius 3 is 2.20 bits per heavy atom. The van der Waals surface area contributed by atoms with E-state index in [0.29, 0.717) is 29.4 Å². The minimum atomic E-state index is -0.817. The topological polar surface area (TPSA) is 55.8 Å². The molecule has 1 saturated carbocycles. The highest BCUT2D eigenvalue weighted by Gasteiger charge is 2.53. The Labute approximate surface area is 123 Å². The van der Waals surface area contributed by atoms with Crippen molar-refractivity contribution in [1.29, 1.82) is 0 Å². The van der Waals surface area contributed by atoms with Crippen LogP contribution in [0.15, 0.2) is 6.07 Å². The number of carboxylic acid groups (broad SMARTS) is 1. The zero-order valence-electron chi connectivity index (χ0n) is 12.1. The van der Waals surface area contributed by atoms with Gasteiger partial charge in [-0.2, -0.15) is 0 Å². The molecule has 0 amide bonds. The maximum atomic E-state index is 11.6. The molecule has 0 spiro atoms. The molecule has 0 heterocycles. The van der Waals surface area contributed by atoms with Crippen LogP contribution in [0.2, 0.25) is 5.02 Å². The summed E-state index contributed by atoms with van der Waals surface area (Å²) < 4.78 is 10.8. The van der Waals surface area contributed by atoms with Crippen LogP contribution in [-0.4, -0.2) is 25.3 Å². The molecule has 0 aromatic heterocycles. The quantitative estimate of drug-likeness (QED) is 0.902. The number of hydrogen-bond donors (Lipinski definition) is 1. The fourth-order valence-electron chi connectivity index (χ4n) is 2.71. The standard InChI is InChI=1S/C15H19ClO4/c1-8(2)11-9(15(5-6-15)14(17)18)7-10(16)12(19-3)13(11)20-4/h7-8H,5-6H2,1-4H3,(H,17,18). The summed E-state index contributed by atoms with van der Waals surface area (Å²) in [6.07, 6.45) is 1.27. The second-order valence-electron chi connectivity index (χ2n) is 5.43. The monoisotopic (exact) mass is 298 g/mol. The molecular formula is C15H19ClO4. The minimum absolute atomic E-state index is 0.114. The van der Waals surface area contributed by atoms with Gasteiger partial charge in [0.05, 0.1) is 24.7 Å². The van der Waals surface area contributed by atoms with Gasteiger partial charge >= 0.3 is 5.97 Å². The van der Waals surface area contributed by atoms with Crippen molar-refractivity contribution < 1.29 is 19.4 Å². The number of aliphatic carboxylic acids is 1. The molecule has 0 radical (unpaired) electrons. The number of benzene rings is 1. The number of rotatable bonds is 5. The Balaban J connectivity index is 2.75. The van der Waals surface area contributed by atoms with Crippen molar-refractivity contribution in [3.8, 4) is 11.5 Å². The van der Waals surface area contributed by atoms with Crippen LogP contribution in [0, 0.1) is 0 Å². The predicted molar refractivity (Wildman–Crippen MR) is 77.2 cm³/mol. The molecular weight excluding hydrogens is 280 g/mol. The number of carboxylic acids is 1. The van der Waals surface area contributed by atoms with Crippen molar-refractivity contribution in [3.63, 3.8) is 0 Å². The zero-order valence-corrected chi connectivity index (χ0v) is 12.9. The number of carbonyl (C=O) groups is 1. The molecule has 0 saturated heterocycles. The third-order valence-electron chi connectivity index (χ3n) is 3.89. The second kappa shape index (κ2) is 5.17. The molecule has 5 heteroatoms. The Kier molecular flexibility index (Phi) is 3.87. The van der Waals surface area contributed by atoms with Gasteiger partial charge in [0.2, 0.25) is 0 Å². The second-order valence-corrected chi connectivity index (χ2v) is 5.84. The molecule has 0 aliphatic heterocycles. The van der Waals surface area contributed by atoms with Crippen LogP contribution in [0.1, 0.15) is 43.7 Å². The fraction of sp³-hybridized carbons (Fsp3) is 0.533. The summed E-state index contributed by atoms with van der Waals surface area (Å²) >= 11 is 6.23. The summed E-state index contributed by atoms with van der Waals surface area (Å²) in [7, 11) is 3.07. The zero-order chi connectivity index (χ0) is 15.1. The Morgan fingerprint density at radius 2 is 1.85 bits per heavy atom. The first-order valence-electron chi connectivity index (χ1n) is 6.57. The lowest BCUT2D eigenvalue weighted by molar-refractivity contribution is -0.140. The van der Waals surface area contributed by atoms with Crippen LogP contribution in [0.3, 0.4) is 0 Å². The molecule has 0 bridgehead atoms. The Bertz CT molecular complexity index is 547. The van der Waals surface area contributed by atoms with Gasteiger partial charge in [0.15, 0.2) is 11.5 Å². The molecule has 1 N–H and O–H groups in total. The lowest BCUT2D eigenvalue weighted by Gasteiger charge is -2.23. The maximum Gasteiger partial charge on any atom is 0.314 e. The van der Waals surface area contributed by atoms with E-state index in [1.807, 2.05) is 13.8 Å². The van der Waals surface area contributed by atoms with Crippen molar-refractivity contribution in [2.75, 3.05) is 14.2 Å². The molecule has 1 aromatic carbocycles. The van der Waals surface area contributed by atoms with E-state index in [-0.39, 0.29) is 5.92 Å². The molecule has 1 aliphatic carbocycles. The van der Waals surface area contributed by atoms with E-state index in [1.54, 1.807) is 13.2 Å². The van der Waals surface area contributed by atoms with Crippen LogP contribution in [0.25, 0.3) is 0 Å². The van der Waals surface area contributed by atoms with Crippen molar-refractivity contribution in [2.24, 2.45) is 0 Å². The van der Waals surface area contributed by atoms with Crippen LogP contribution >= 0.6 is 11.6 Å². The molecule has 1 aliphatic rings. The highest BCUT2D eigenvalue weighted by Crippen LogP contribution is 2.55. The van der Waals surface area contributed by atoms with Gasteiger partial charge in [-0.05, 0) is 30.4 Å². The molecule has 2 rings (SSSR count). The van der Waals surface area contributed by atoms with E-state index in [0.717, 1.165) is 11.1 Å². The average molecular weight is 299 g/mol. The SMILES string of the molecule is COc1c(Cl)cc(C2(C(=O)O)CC2)c(C(C)C)c1OC. The van der Waals surface area contributed by atoms with Gasteiger partial charge in [-0.1, -0.05) is 25.4 Å². The van der Waals surface area contributed by atoms with E-state index >= 15 is 0 Å². The van der Waals surface area contributed by atoms with Crippen molar-refractivity contribution in [3.05, 3.63) is 22.2 Å². The van der Waals surface area contributed by atoms with Gasteiger partial charge in [-0.3, -0.25) is 4.79 Å². The van der Waals surface area contributed by atoms with E-state index in [2.05, 4.69) is 0 Å². The number of halogens is 1. The van der Waals surface area contributed by atoms with Gasteiger partial charge in [-0.15, -0.1) is 0 Å². The third-order valence-corrected chi connectivity index (χ3v) is 4.17. The van der Waals surface area contributed by atoms with Crippen LogP contribution in [0.4, 0.5) is 0 Å². The van der Waals surface area contributed by atoms with Gasteiger partial charge in [0.1, 0.15) is 0 Å². The van der Waals surface area contributed by atoms with E-state index in [1.165, 1.54) is 7.11 Å². The molecule has 20 heavy (non-hydrogen) atoms. The fourth-order valence-corrected chi connectivity index (χ4v) is 2.98. The third kappa shape index (κ3) is 2.12. The number of hydrogen-bond acceptors (Lipinski definition) is 3. The average Bonchev–Trinajstić information content (AvgIpc) is 3.18. The van der Waals surface area contributed by atoms with Crippen LogP contribution in [-0.2, 0) is 10.2 Å². The number of methoxy groups -OCH3 is 2. The predicted octanol–water partition coefficient (Wildman–Crippen LogP) is 3.60. The summed E-state index contributed by atoms with van der Waals surface area (Å²) in [5, 5.41) is 9.91. The first kappa shape index (κ1) is 15.0. The van der Waals surface area contributed by atoms with Crippen molar-refractivity contribution in [2.45, 2.75) is 38.0 Å². The largest absolute Gasteiger partial charge is 0.492 e. The van der Waals surface area contributed by atoms with E-state index in [9.17, 15) is 9.90 Å². The lowest BCUT2D eigenvalue weighted by Crippen LogP contribution is -2.22. The lowest BCUT2D eigenvalue weighted by atomic mass is 9.85. The van der Waals surface area contributed by atoms with Crippen molar-refractivity contribution in [1.82, 2.24) is 0 Å². The maximum absolute atomic E-state index is 11.6. The highest BCUT2D eigenvalue weighted by atomic mass is 35.5. The minimum Gasteiger partial charge on any atom is -0.492 e. The summed E-state index contributed by atoms with van der Waals surface area (Å²) in [6.45, 7) is 4.01. The van der Waals surface area contributed by atoms with Gasteiger partial charge < -0.3 is 14.6 Å². The first-order chi connectivity index (χ1) is 9.39. The molecule has 1 aromatic rings. The Hall–Kier alpha value is -1.42.